The number of nitrogens with zero attached hydrogens (tertiary/aromatic N) is 3. The molecular weight excluding hydrogens is 534 g/mol. The molecule has 2 saturated heterocycles. The molecule has 1 aromatic heterocycles. The maximum atomic E-state index is 14.1. The normalized spacial score (nSPS) is 17.3. The third-order valence-corrected chi connectivity index (χ3v) is 8.79. The van der Waals surface area contributed by atoms with Gasteiger partial charge in [0.15, 0.2) is 5.78 Å². The van der Waals surface area contributed by atoms with Crippen molar-refractivity contribution in [2.45, 2.75) is 64.1 Å². The molecule has 8 heteroatoms. The number of ketones is 1. The van der Waals surface area contributed by atoms with E-state index in [1.165, 1.54) is 11.3 Å². The number of benzene rings is 2. The van der Waals surface area contributed by atoms with Gasteiger partial charge in [-0.15, -0.1) is 11.3 Å². The number of anilines is 1. The monoisotopic (exact) mass is 573 g/mol. The third kappa shape index (κ3) is 6.71. The molecule has 0 unspecified atom stereocenters. The highest BCUT2D eigenvalue weighted by atomic mass is 32.1. The van der Waals surface area contributed by atoms with E-state index >= 15 is 0 Å². The molecule has 216 valence electrons. The van der Waals surface area contributed by atoms with Gasteiger partial charge in [-0.3, -0.25) is 9.59 Å². The number of piperidine rings is 1. The van der Waals surface area contributed by atoms with Crippen molar-refractivity contribution in [1.82, 2.24) is 9.80 Å². The second-order valence-corrected chi connectivity index (χ2v) is 12.9. The predicted octanol–water partition coefficient (Wildman–Crippen LogP) is 6.01. The predicted molar refractivity (Wildman–Crippen MR) is 162 cm³/mol. The number of carbonyl (C=O) groups excluding carboxylic acids is 3. The molecule has 3 heterocycles. The first kappa shape index (κ1) is 29.0. The first-order valence-corrected chi connectivity index (χ1v) is 15.3. The standard InChI is InChI=1S/C33H39N3O4S/c1-32(2,3)40-30(38)26-11-7-10-25(22-26)23-35-24-36(27-12-5-4-6-13-27)33(31(35)39)16-19-34(20-17-33)18-8-14-28(37)29-15-9-21-41-29/h4-7,9-13,15,21-22H,8,14,16-20,23-24H2,1-3H3. The highest BCUT2D eigenvalue weighted by Gasteiger charge is 2.53. The molecule has 0 radical (unpaired) electrons. The fourth-order valence-electron chi connectivity index (χ4n) is 5.85. The molecule has 0 saturated carbocycles. The number of thiophene rings is 1. The highest BCUT2D eigenvalue weighted by molar-refractivity contribution is 7.12. The SMILES string of the molecule is CC(C)(C)OC(=O)c1cccc(CN2CN(c3ccccc3)C3(CCN(CCCC(=O)c4cccs4)CC3)C2=O)c1. The lowest BCUT2D eigenvalue weighted by atomic mass is 9.85. The van der Waals surface area contributed by atoms with Gasteiger partial charge >= 0.3 is 5.97 Å². The molecule has 5 rings (SSSR count). The van der Waals surface area contributed by atoms with Crippen LogP contribution in [0, 0.1) is 0 Å². The molecule has 0 aliphatic carbocycles. The summed E-state index contributed by atoms with van der Waals surface area (Å²) in [6.45, 7) is 8.95. The maximum absolute atomic E-state index is 14.1. The third-order valence-electron chi connectivity index (χ3n) is 7.87. The Morgan fingerprint density at radius 1 is 0.976 bits per heavy atom. The summed E-state index contributed by atoms with van der Waals surface area (Å²) in [7, 11) is 0. The molecule has 3 aromatic rings. The minimum atomic E-state index is -0.604. The molecule has 7 nitrogen and oxygen atoms in total. The zero-order valence-electron chi connectivity index (χ0n) is 24.2. The van der Waals surface area contributed by atoms with Crippen LogP contribution in [0.15, 0.2) is 72.1 Å². The number of Topliss-reactive ketones (excluding diaryl/α,β-unsaturated/α-hetero) is 1. The zero-order valence-corrected chi connectivity index (χ0v) is 25.0. The molecule has 0 N–H and O–H groups in total. The van der Waals surface area contributed by atoms with Crippen molar-refractivity contribution >= 4 is 34.7 Å². The summed E-state index contributed by atoms with van der Waals surface area (Å²) in [4.78, 5) is 46.6. The van der Waals surface area contributed by atoms with Gasteiger partial charge in [0.25, 0.3) is 0 Å². The van der Waals surface area contributed by atoms with E-state index in [4.69, 9.17) is 4.74 Å². The first-order chi connectivity index (χ1) is 19.6. The fourth-order valence-corrected chi connectivity index (χ4v) is 6.54. The number of para-hydroxylation sites is 1. The summed E-state index contributed by atoms with van der Waals surface area (Å²) in [6, 6.07) is 21.4. The van der Waals surface area contributed by atoms with E-state index in [1.807, 2.05) is 79.6 Å². The van der Waals surface area contributed by atoms with Crippen LogP contribution in [0.3, 0.4) is 0 Å². The Kier molecular flexibility index (Phi) is 8.61. The summed E-state index contributed by atoms with van der Waals surface area (Å²) in [6.07, 6.45) is 2.83. The van der Waals surface area contributed by atoms with Crippen LogP contribution in [0.5, 0.6) is 0 Å². The van der Waals surface area contributed by atoms with Crippen molar-refractivity contribution in [3.8, 4) is 0 Å². The minimum absolute atomic E-state index is 0.136. The van der Waals surface area contributed by atoms with E-state index in [0.717, 1.165) is 55.0 Å². The van der Waals surface area contributed by atoms with Gasteiger partial charge in [0, 0.05) is 31.7 Å². The Morgan fingerprint density at radius 2 is 1.73 bits per heavy atom. The number of amides is 1. The van der Waals surface area contributed by atoms with E-state index in [1.54, 1.807) is 6.07 Å². The Balaban J connectivity index is 1.27. The van der Waals surface area contributed by atoms with Crippen LogP contribution in [0.2, 0.25) is 0 Å². The zero-order chi connectivity index (χ0) is 29.0. The van der Waals surface area contributed by atoms with E-state index < -0.39 is 11.1 Å². The van der Waals surface area contributed by atoms with Gasteiger partial charge in [0.1, 0.15) is 11.1 Å². The van der Waals surface area contributed by atoms with E-state index in [2.05, 4.69) is 21.9 Å². The lowest BCUT2D eigenvalue weighted by Crippen LogP contribution is -2.56. The van der Waals surface area contributed by atoms with Crippen LogP contribution in [-0.2, 0) is 16.1 Å². The van der Waals surface area contributed by atoms with Gasteiger partial charge < -0.3 is 19.4 Å². The van der Waals surface area contributed by atoms with Gasteiger partial charge in [-0.25, -0.2) is 4.79 Å². The van der Waals surface area contributed by atoms with Crippen LogP contribution in [0.4, 0.5) is 5.69 Å². The highest BCUT2D eigenvalue weighted by Crippen LogP contribution is 2.40. The second-order valence-electron chi connectivity index (χ2n) is 12.0. The van der Waals surface area contributed by atoms with Crippen molar-refractivity contribution in [1.29, 1.82) is 0 Å². The maximum Gasteiger partial charge on any atom is 0.338 e. The number of carbonyl (C=O) groups is 3. The number of esters is 1. The Hall–Kier alpha value is -3.49. The molecule has 1 spiro atoms. The minimum Gasteiger partial charge on any atom is -0.456 e. The molecule has 2 aliphatic rings. The van der Waals surface area contributed by atoms with E-state index in [0.29, 0.717) is 25.2 Å². The molecule has 2 fully saturated rings. The average molecular weight is 574 g/mol. The fraction of sp³-hybridized carbons (Fsp3) is 0.424. The van der Waals surface area contributed by atoms with Crippen molar-refractivity contribution < 1.29 is 19.1 Å². The molecule has 0 atom stereocenters. The average Bonchev–Trinajstić information content (AvgIpc) is 3.58. The Morgan fingerprint density at radius 3 is 2.41 bits per heavy atom. The molecular formula is C33H39N3O4S. The van der Waals surface area contributed by atoms with Crippen LogP contribution < -0.4 is 4.90 Å². The summed E-state index contributed by atoms with van der Waals surface area (Å²) >= 11 is 1.50. The quantitative estimate of drug-likeness (QED) is 0.231. The summed E-state index contributed by atoms with van der Waals surface area (Å²) in [5, 5.41) is 1.94. The van der Waals surface area contributed by atoms with Crippen LogP contribution in [-0.4, -0.2) is 64.9 Å². The topological polar surface area (TPSA) is 70.2 Å². The van der Waals surface area contributed by atoms with Crippen LogP contribution in [0.25, 0.3) is 0 Å². The Bertz CT molecular complexity index is 1360. The lowest BCUT2D eigenvalue weighted by molar-refractivity contribution is -0.134. The molecule has 1 amide bonds. The largest absolute Gasteiger partial charge is 0.456 e. The summed E-state index contributed by atoms with van der Waals surface area (Å²) < 4.78 is 5.55. The summed E-state index contributed by atoms with van der Waals surface area (Å²) in [5.41, 5.74) is 1.26. The van der Waals surface area contributed by atoms with Gasteiger partial charge in [-0.05, 0) is 87.9 Å². The van der Waals surface area contributed by atoms with Gasteiger partial charge in [-0.1, -0.05) is 36.4 Å². The first-order valence-electron chi connectivity index (χ1n) is 14.4. The Labute approximate surface area is 246 Å². The van der Waals surface area contributed by atoms with Gasteiger partial charge in [-0.2, -0.15) is 0 Å². The smallest absolute Gasteiger partial charge is 0.338 e. The molecule has 2 aromatic carbocycles. The van der Waals surface area contributed by atoms with E-state index in [-0.39, 0.29) is 17.7 Å². The summed E-state index contributed by atoms with van der Waals surface area (Å²) in [5.74, 6) is -0.0171. The van der Waals surface area contributed by atoms with Crippen molar-refractivity contribution in [3.05, 3.63) is 88.1 Å². The number of rotatable bonds is 9. The van der Waals surface area contributed by atoms with Crippen molar-refractivity contribution in [2.24, 2.45) is 0 Å². The van der Waals surface area contributed by atoms with Crippen LogP contribution in [0.1, 0.15) is 72.0 Å². The van der Waals surface area contributed by atoms with E-state index in [9.17, 15) is 14.4 Å². The van der Waals surface area contributed by atoms with Gasteiger partial charge in [0.05, 0.1) is 17.1 Å². The lowest BCUT2D eigenvalue weighted by Gasteiger charge is -2.43. The molecule has 41 heavy (non-hydrogen) atoms. The number of ether oxygens (including phenoxy) is 1. The number of hydrogen-bond acceptors (Lipinski definition) is 7. The second kappa shape index (κ2) is 12.2. The van der Waals surface area contributed by atoms with Gasteiger partial charge in [0.2, 0.25) is 5.91 Å². The van der Waals surface area contributed by atoms with Crippen LogP contribution >= 0.6 is 11.3 Å². The number of hydrogen-bond donors (Lipinski definition) is 0. The molecule has 0 bridgehead atoms. The van der Waals surface area contributed by atoms with Crippen molar-refractivity contribution in [3.63, 3.8) is 0 Å². The number of likely N-dealkylation sites (tertiary alicyclic amines) is 1. The molecule has 2 aliphatic heterocycles. The van der Waals surface area contributed by atoms with Crippen molar-refractivity contribution in [2.75, 3.05) is 31.2 Å².